The van der Waals surface area contributed by atoms with Crippen molar-refractivity contribution in [2.75, 3.05) is 11.9 Å². The van der Waals surface area contributed by atoms with Crippen molar-refractivity contribution in [1.82, 2.24) is 5.32 Å². The molecule has 0 spiro atoms. The highest BCUT2D eigenvalue weighted by Gasteiger charge is 2.27. The predicted molar refractivity (Wildman–Crippen MR) is 92.3 cm³/mol. The summed E-state index contributed by atoms with van der Waals surface area (Å²) in [4.78, 5) is 24.3. The van der Waals surface area contributed by atoms with E-state index in [1.165, 1.54) is 0 Å². The maximum atomic E-state index is 12.3. The number of nitrogens with one attached hydrogen (secondary N) is 2. The van der Waals surface area contributed by atoms with Gasteiger partial charge in [-0.1, -0.05) is 13.8 Å². The standard InChI is InChI=1S/C18H27N3O2/c1-11(2)10-20-17(22)13-5-7-16(12(3)8-13)21-18(23)14-4-6-15(19)9-14/h5,7-8,11,14-15H,4,6,9-10,19H2,1-3H3,(H,20,22)(H,21,23). The summed E-state index contributed by atoms with van der Waals surface area (Å²) >= 11 is 0. The number of hydrogen-bond acceptors (Lipinski definition) is 3. The highest BCUT2D eigenvalue weighted by molar-refractivity contribution is 5.97. The molecule has 2 atom stereocenters. The highest BCUT2D eigenvalue weighted by Crippen LogP contribution is 2.26. The lowest BCUT2D eigenvalue weighted by atomic mass is 10.1. The number of amides is 2. The van der Waals surface area contributed by atoms with E-state index in [0.29, 0.717) is 18.0 Å². The number of nitrogens with two attached hydrogens (primary N) is 1. The van der Waals surface area contributed by atoms with Gasteiger partial charge in [0.05, 0.1) is 0 Å². The Balaban J connectivity index is 1.99. The summed E-state index contributed by atoms with van der Waals surface area (Å²) in [7, 11) is 0. The molecular formula is C18H27N3O2. The van der Waals surface area contributed by atoms with Crippen molar-refractivity contribution in [3.63, 3.8) is 0 Å². The van der Waals surface area contributed by atoms with Gasteiger partial charge in [0.1, 0.15) is 0 Å². The Labute approximate surface area is 138 Å². The molecule has 5 heteroatoms. The summed E-state index contributed by atoms with van der Waals surface area (Å²) in [6.45, 7) is 6.66. The molecule has 23 heavy (non-hydrogen) atoms. The molecule has 1 aromatic rings. The largest absolute Gasteiger partial charge is 0.352 e. The fourth-order valence-electron chi connectivity index (χ4n) is 2.83. The third-order valence-electron chi connectivity index (χ3n) is 4.26. The van der Waals surface area contributed by atoms with Crippen molar-refractivity contribution in [3.8, 4) is 0 Å². The number of hydrogen-bond donors (Lipinski definition) is 3. The van der Waals surface area contributed by atoms with Gasteiger partial charge in [0.2, 0.25) is 5.91 Å². The Hall–Kier alpha value is -1.88. The van der Waals surface area contributed by atoms with E-state index in [1.807, 2.05) is 13.0 Å². The van der Waals surface area contributed by atoms with Gasteiger partial charge >= 0.3 is 0 Å². The summed E-state index contributed by atoms with van der Waals surface area (Å²) in [5.74, 6) is 0.356. The molecule has 0 heterocycles. The van der Waals surface area contributed by atoms with Crippen molar-refractivity contribution < 1.29 is 9.59 Å². The molecule has 1 fully saturated rings. The van der Waals surface area contributed by atoms with Gasteiger partial charge in [0, 0.05) is 29.8 Å². The Kier molecular flexibility index (Phi) is 5.77. The summed E-state index contributed by atoms with van der Waals surface area (Å²) in [5.41, 5.74) is 8.13. The van der Waals surface area contributed by atoms with Gasteiger partial charge in [-0.05, 0) is 55.9 Å². The van der Waals surface area contributed by atoms with E-state index in [-0.39, 0.29) is 23.8 Å². The minimum absolute atomic E-state index is 0.00147. The molecule has 0 aliphatic heterocycles. The fourth-order valence-corrected chi connectivity index (χ4v) is 2.83. The van der Waals surface area contributed by atoms with Crippen LogP contribution in [0.1, 0.15) is 49.0 Å². The molecule has 2 rings (SSSR count). The van der Waals surface area contributed by atoms with Gasteiger partial charge in [0.25, 0.3) is 5.91 Å². The van der Waals surface area contributed by atoms with Gasteiger partial charge in [-0.15, -0.1) is 0 Å². The van der Waals surface area contributed by atoms with Crippen LogP contribution < -0.4 is 16.4 Å². The smallest absolute Gasteiger partial charge is 0.251 e. The van der Waals surface area contributed by atoms with Crippen LogP contribution in [0.3, 0.4) is 0 Å². The average Bonchev–Trinajstić information content (AvgIpc) is 2.93. The van der Waals surface area contributed by atoms with Crippen molar-refractivity contribution in [2.45, 2.75) is 46.1 Å². The number of benzene rings is 1. The zero-order valence-corrected chi connectivity index (χ0v) is 14.2. The highest BCUT2D eigenvalue weighted by atomic mass is 16.2. The Bertz CT molecular complexity index is 584. The number of carbonyl (C=O) groups excluding carboxylic acids is 2. The first-order valence-electron chi connectivity index (χ1n) is 8.32. The van der Waals surface area contributed by atoms with Crippen molar-refractivity contribution in [2.24, 2.45) is 17.6 Å². The van der Waals surface area contributed by atoms with E-state index in [1.54, 1.807) is 12.1 Å². The van der Waals surface area contributed by atoms with E-state index in [9.17, 15) is 9.59 Å². The average molecular weight is 317 g/mol. The van der Waals surface area contributed by atoms with Crippen LogP contribution in [0.5, 0.6) is 0 Å². The van der Waals surface area contributed by atoms with Crippen LogP contribution in [0, 0.1) is 18.8 Å². The molecule has 5 nitrogen and oxygen atoms in total. The van der Waals surface area contributed by atoms with E-state index in [0.717, 1.165) is 30.5 Å². The van der Waals surface area contributed by atoms with Crippen LogP contribution in [0.2, 0.25) is 0 Å². The molecule has 0 bridgehead atoms. The molecule has 1 aromatic carbocycles. The molecule has 1 aliphatic carbocycles. The molecule has 0 radical (unpaired) electrons. The topological polar surface area (TPSA) is 84.2 Å². The fraction of sp³-hybridized carbons (Fsp3) is 0.556. The summed E-state index contributed by atoms with van der Waals surface area (Å²) in [5, 5.41) is 5.86. The quantitative estimate of drug-likeness (QED) is 0.780. The predicted octanol–water partition coefficient (Wildman–Crippen LogP) is 2.45. The number of rotatable bonds is 5. The lowest BCUT2D eigenvalue weighted by molar-refractivity contribution is -0.119. The third-order valence-corrected chi connectivity index (χ3v) is 4.26. The molecular weight excluding hydrogens is 290 g/mol. The zero-order valence-electron chi connectivity index (χ0n) is 14.2. The van der Waals surface area contributed by atoms with Crippen LogP contribution in [0.4, 0.5) is 5.69 Å². The lowest BCUT2D eigenvalue weighted by Gasteiger charge is -2.14. The number of anilines is 1. The van der Waals surface area contributed by atoms with Crippen LogP contribution >= 0.6 is 0 Å². The lowest BCUT2D eigenvalue weighted by Crippen LogP contribution is -2.27. The molecule has 0 saturated heterocycles. The van der Waals surface area contributed by atoms with Crippen LogP contribution in [0.15, 0.2) is 18.2 Å². The normalized spacial score (nSPS) is 20.6. The van der Waals surface area contributed by atoms with E-state index < -0.39 is 0 Å². The Morgan fingerprint density at radius 2 is 2.04 bits per heavy atom. The van der Waals surface area contributed by atoms with Gasteiger partial charge in [0.15, 0.2) is 0 Å². The molecule has 4 N–H and O–H groups in total. The van der Waals surface area contributed by atoms with Gasteiger partial charge in [-0.2, -0.15) is 0 Å². The van der Waals surface area contributed by atoms with E-state index in [2.05, 4.69) is 24.5 Å². The monoisotopic (exact) mass is 317 g/mol. The molecule has 0 aromatic heterocycles. The van der Waals surface area contributed by atoms with Crippen LogP contribution in [-0.2, 0) is 4.79 Å². The summed E-state index contributed by atoms with van der Waals surface area (Å²) in [6, 6.07) is 5.50. The molecule has 1 saturated carbocycles. The summed E-state index contributed by atoms with van der Waals surface area (Å²) in [6.07, 6.45) is 2.51. The van der Waals surface area contributed by atoms with Crippen molar-refractivity contribution >= 4 is 17.5 Å². The molecule has 2 unspecified atom stereocenters. The second kappa shape index (κ2) is 7.59. The minimum atomic E-state index is -0.0820. The minimum Gasteiger partial charge on any atom is -0.352 e. The Morgan fingerprint density at radius 3 is 2.61 bits per heavy atom. The van der Waals surface area contributed by atoms with Gasteiger partial charge in [-0.25, -0.2) is 0 Å². The molecule has 1 aliphatic rings. The van der Waals surface area contributed by atoms with Crippen LogP contribution in [-0.4, -0.2) is 24.4 Å². The first-order chi connectivity index (χ1) is 10.9. The number of carbonyl (C=O) groups is 2. The van der Waals surface area contributed by atoms with Crippen molar-refractivity contribution in [3.05, 3.63) is 29.3 Å². The maximum Gasteiger partial charge on any atom is 0.251 e. The maximum absolute atomic E-state index is 12.3. The van der Waals surface area contributed by atoms with Crippen molar-refractivity contribution in [1.29, 1.82) is 0 Å². The third kappa shape index (κ3) is 4.79. The zero-order chi connectivity index (χ0) is 17.0. The Morgan fingerprint density at radius 1 is 1.30 bits per heavy atom. The molecule has 2 amide bonds. The first-order valence-corrected chi connectivity index (χ1v) is 8.32. The number of aryl methyl sites for hydroxylation is 1. The van der Waals surface area contributed by atoms with E-state index >= 15 is 0 Å². The first kappa shape index (κ1) is 17.5. The van der Waals surface area contributed by atoms with Crippen LogP contribution in [0.25, 0.3) is 0 Å². The van der Waals surface area contributed by atoms with Gasteiger partial charge in [-0.3, -0.25) is 9.59 Å². The second-order valence-electron chi connectivity index (χ2n) is 6.89. The van der Waals surface area contributed by atoms with E-state index in [4.69, 9.17) is 5.73 Å². The summed E-state index contributed by atoms with van der Waals surface area (Å²) < 4.78 is 0. The van der Waals surface area contributed by atoms with Gasteiger partial charge < -0.3 is 16.4 Å². The second-order valence-corrected chi connectivity index (χ2v) is 6.89. The molecule has 126 valence electrons. The SMILES string of the molecule is Cc1cc(C(=O)NCC(C)C)ccc1NC(=O)C1CCC(N)C1.